The highest BCUT2D eigenvalue weighted by Crippen LogP contribution is 2.31. The number of hydrogen-bond acceptors (Lipinski definition) is 3. The fraction of sp³-hybridized carbons (Fsp3) is 0.600. The van der Waals surface area contributed by atoms with Crippen LogP contribution in [0.2, 0.25) is 0 Å². The molecule has 1 aromatic rings. The molecule has 0 aromatic heterocycles. The van der Waals surface area contributed by atoms with Gasteiger partial charge in [-0.3, -0.25) is 14.5 Å². The molecule has 1 amide bonds. The van der Waals surface area contributed by atoms with Gasteiger partial charge in [0.2, 0.25) is 0 Å². The summed E-state index contributed by atoms with van der Waals surface area (Å²) in [7, 11) is 0. The first-order valence-electron chi connectivity index (χ1n) is 9.45. The first kappa shape index (κ1) is 17.9. The van der Waals surface area contributed by atoms with Crippen LogP contribution in [0.1, 0.15) is 48.9 Å². The predicted molar refractivity (Wildman–Crippen MR) is 96.5 cm³/mol. The largest absolute Gasteiger partial charge is 0.480 e. The van der Waals surface area contributed by atoms with Crippen LogP contribution in [0.25, 0.3) is 0 Å². The highest BCUT2D eigenvalue weighted by molar-refractivity contribution is 5.94. The molecule has 136 valence electrons. The molecule has 2 saturated heterocycles. The quantitative estimate of drug-likeness (QED) is 0.912. The Morgan fingerprint density at radius 2 is 1.68 bits per heavy atom. The van der Waals surface area contributed by atoms with Crippen molar-refractivity contribution in [1.29, 1.82) is 0 Å². The molecule has 5 nitrogen and oxygen atoms in total. The number of nitrogens with zero attached hydrogens (tertiary/aromatic N) is 2. The van der Waals surface area contributed by atoms with Gasteiger partial charge in [-0.15, -0.1) is 0 Å². The molecule has 3 rings (SSSR count). The van der Waals surface area contributed by atoms with E-state index in [9.17, 15) is 9.59 Å². The number of likely N-dealkylation sites (tertiary alicyclic amines) is 2. The van der Waals surface area contributed by atoms with Crippen LogP contribution >= 0.6 is 0 Å². The Bertz CT molecular complexity index is 582. The van der Waals surface area contributed by atoms with Crippen molar-refractivity contribution in [1.82, 2.24) is 9.80 Å². The highest BCUT2D eigenvalue weighted by Gasteiger charge is 2.34. The van der Waals surface area contributed by atoms with Crippen LogP contribution in [0.5, 0.6) is 0 Å². The van der Waals surface area contributed by atoms with Crippen molar-refractivity contribution < 1.29 is 14.7 Å². The van der Waals surface area contributed by atoms with E-state index in [-0.39, 0.29) is 12.5 Å². The Kier molecular flexibility index (Phi) is 6.08. The number of carboxylic acids is 1. The molecule has 0 bridgehead atoms. The zero-order valence-corrected chi connectivity index (χ0v) is 14.8. The lowest BCUT2D eigenvalue weighted by molar-refractivity contribution is -0.138. The first-order chi connectivity index (χ1) is 12.1. The Morgan fingerprint density at radius 3 is 2.36 bits per heavy atom. The van der Waals surface area contributed by atoms with Crippen molar-refractivity contribution in [3.63, 3.8) is 0 Å². The number of amides is 1. The predicted octanol–water partition coefficient (Wildman–Crippen LogP) is 2.87. The summed E-state index contributed by atoms with van der Waals surface area (Å²) in [5.41, 5.74) is 0.776. The van der Waals surface area contributed by atoms with Gasteiger partial charge in [-0.2, -0.15) is 0 Å². The molecule has 2 heterocycles. The van der Waals surface area contributed by atoms with Gasteiger partial charge < -0.3 is 10.0 Å². The average molecular weight is 344 g/mol. The van der Waals surface area contributed by atoms with Crippen molar-refractivity contribution in [2.24, 2.45) is 5.92 Å². The average Bonchev–Trinajstić information content (AvgIpc) is 2.88. The molecule has 1 unspecified atom stereocenters. The van der Waals surface area contributed by atoms with E-state index in [1.165, 1.54) is 12.8 Å². The van der Waals surface area contributed by atoms with E-state index in [1.807, 2.05) is 35.2 Å². The number of carbonyl (C=O) groups is 2. The summed E-state index contributed by atoms with van der Waals surface area (Å²) in [5, 5.41) is 8.96. The van der Waals surface area contributed by atoms with E-state index in [0.29, 0.717) is 12.0 Å². The van der Waals surface area contributed by atoms with Gasteiger partial charge in [-0.05, 0) is 56.8 Å². The van der Waals surface area contributed by atoms with Gasteiger partial charge in [-0.1, -0.05) is 31.0 Å². The normalized spacial score (nSPS) is 23.2. The smallest absolute Gasteiger partial charge is 0.317 e. The summed E-state index contributed by atoms with van der Waals surface area (Å²) in [5.74, 6) is -0.120. The van der Waals surface area contributed by atoms with Crippen molar-refractivity contribution in [3.05, 3.63) is 35.9 Å². The van der Waals surface area contributed by atoms with Crippen molar-refractivity contribution in [2.75, 3.05) is 26.2 Å². The summed E-state index contributed by atoms with van der Waals surface area (Å²) < 4.78 is 0. The summed E-state index contributed by atoms with van der Waals surface area (Å²) in [6.07, 6.45) is 6.48. The number of rotatable bonds is 4. The van der Waals surface area contributed by atoms with Crippen LogP contribution in [-0.2, 0) is 4.79 Å². The SMILES string of the molecule is O=C(O)CN1CCC(C2CCCCCN2C(=O)c2ccccc2)CC1. The van der Waals surface area contributed by atoms with E-state index in [4.69, 9.17) is 5.11 Å². The molecule has 0 radical (unpaired) electrons. The van der Waals surface area contributed by atoms with E-state index in [2.05, 4.69) is 4.90 Å². The molecule has 0 aliphatic carbocycles. The molecule has 0 saturated carbocycles. The summed E-state index contributed by atoms with van der Waals surface area (Å²) in [4.78, 5) is 28.1. The molecule has 2 fully saturated rings. The molecule has 5 heteroatoms. The molecule has 2 aliphatic heterocycles. The zero-order valence-electron chi connectivity index (χ0n) is 14.8. The second-order valence-corrected chi connectivity index (χ2v) is 7.29. The molecule has 1 N–H and O–H groups in total. The maximum absolute atomic E-state index is 13.1. The molecule has 25 heavy (non-hydrogen) atoms. The lowest BCUT2D eigenvalue weighted by Crippen LogP contribution is -2.48. The van der Waals surface area contributed by atoms with Gasteiger partial charge in [-0.25, -0.2) is 0 Å². The molecule has 2 aliphatic rings. The van der Waals surface area contributed by atoms with Gasteiger partial charge in [0, 0.05) is 18.2 Å². The first-order valence-corrected chi connectivity index (χ1v) is 9.45. The Balaban J connectivity index is 1.69. The third-order valence-corrected chi connectivity index (χ3v) is 5.62. The lowest BCUT2D eigenvalue weighted by Gasteiger charge is -2.40. The molecular formula is C20H28N2O3. The van der Waals surface area contributed by atoms with Crippen LogP contribution in [0.3, 0.4) is 0 Å². The third kappa shape index (κ3) is 4.60. The molecule has 0 spiro atoms. The Hall–Kier alpha value is -1.88. The lowest BCUT2D eigenvalue weighted by atomic mass is 9.86. The van der Waals surface area contributed by atoms with E-state index in [0.717, 1.165) is 50.9 Å². The minimum Gasteiger partial charge on any atom is -0.480 e. The van der Waals surface area contributed by atoms with Crippen LogP contribution < -0.4 is 0 Å². The fourth-order valence-electron chi connectivity index (χ4n) is 4.31. The Labute approximate surface area is 149 Å². The summed E-state index contributed by atoms with van der Waals surface area (Å²) in [6, 6.07) is 9.88. The highest BCUT2D eigenvalue weighted by atomic mass is 16.4. The summed E-state index contributed by atoms with van der Waals surface area (Å²) in [6.45, 7) is 2.61. The topological polar surface area (TPSA) is 60.9 Å². The zero-order chi connectivity index (χ0) is 17.6. The molecule has 1 aromatic carbocycles. The Morgan fingerprint density at radius 1 is 0.960 bits per heavy atom. The minimum absolute atomic E-state index is 0.129. The number of benzene rings is 1. The second-order valence-electron chi connectivity index (χ2n) is 7.29. The second kappa shape index (κ2) is 8.48. The number of hydrogen-bond donors (Lipinski definition) is 1. The van der Waals surface area contributed by atoms with Gasteiger partial charge in [0.25, 0.3) is 5.91 Å². The van der Waals surface area contributed by atoms with E-state index >= 15 is 0 Å². The van der Waals surface area contributed by atoms with Crippen LogP contribution in [0.4, 0.5) is 0 Å². The van der Waals surface area contributed by atoms with Crippen molar-refractivity contribution >= 4 is 11.9 Å². The molecular weight excluding hydrogens is 316 g/mol. The van der Waals surface area contributed by atoms with E-state index < -0.39 is 5.97 Å². The van der Waals surface area contributed by atoms with Gasteiger partial charge in [0.15, 0.2) is 0 Å². The van der Waals surface area contributed by atoms with E-state index in [1.54, 1.807) is 0 Å². The standard InChI is InChI=1S/C20H28N2O3/c23-19(24)15-21-13-10-16(11-14-21)18-9-5-2-6-12-22(18)20(25)17-7-3-1-4-8-17/h1,3-4,7-8,16,18H,2,5-6,9-15H2,(H,23,24). The van der Waals surface area contributed by atoms with Crippen LogP contribution in [0, 0.1) is 5.92 Å². The monoisotopic (exact) mass is 344 g/mol. The minimum atomic E-state index is -0.756. The van der Waals surface area contributed by atoms with Crippen molar-refractivity contribution in [3.8, 4) is 0 Å². The van der Waals surface area contributed by atoms with Crippen molar-refractivity contribution in [2.45, 2.75) is 44.6 Å². The molecule has 1 atom stereocenters. The fourth-order valence-corrected chi connectivity index (χ4v) is 4.31. The van der Waals surface area contributed by atoms with Gasteiger partial charge in [0.1, 0.15) is 0 Å². The number of carboxylic acid groups (broad SMARTS) is 1. The maximum Gasteiger partial charge on any atom is 0.317 e. The third-order valence-electron chi connectivity index (χ3n) is 5.62. The van der Waals surface area contributed by atoms with Gasteiger partial charge in [0.05, 0.1) is 6.54 Å². The van der Waals surface area contributed by atoms with Gasteiger partial charge >= 0.3 is 5.97 Å². The van der Waals surface area contributed by atoms with Crippen LogP contribution in [0.15, 0.2) is 30.3 Å². The number of aliphatic carboxylic acids is 1. The number of carbonyl (C=O) groups excluding carboxylic acids is 1. The number of piperidine rings is 1. The summed E-state index contributed by atoms with van der Waals surface area (Å²) >= 11 is 0. The maximum atomic E-state index is 13.1. The van der Waals surface area contributed by atoms with Crippen LogP contribution in [-0.4, -0.2) is 59.0 Å².